The summed E-state index contributed by atoms with van der Waals surface area (Å²) in [5.74, 6) is -0.823. The number of hydrogen-bond donors (Lipinski definition) is 1. The van der Waals surface area contributed by atoms with Gasteiger partial charge in [0.05, 0.1) is 12.1 Å². The molecule has 0 fully saturated rings. The Morgan fingerprint density at radius 1 is 1.25 bits per heavy atom. The Morgan fingerprint density at radius 2 is 2.00 bits per heavy atom. The number of carbonyl (C=O) groups is 1. The van der Waals surface area contributed by atoms with Gasteiger partial charge in [0, 0.05) is 19.2 Å². The summed E-state index contributed by atoms with van der Waals surface area (Å²) in [5.41, 5.74) is 0.822. The molecule has 0 aliphatic heterocycles. The molecular weight excluding hydrogens is 415 g/mol. The van der Waals surface area contributed by atoms with Crippen LogP contribution in [0.2, 0.25) is 10.0 Å². The van der Waals surface area contributed by atoms with Gasteiger partial charge in [0.1, 0.15) is 5.82 Å². The number of rotatable bonds is 3. The molecule has 0 unspecified atom stereocenters. The second kappa shape index (κ2) is 6.74. The Morgan fingerprint density at radius 3 is 2.65 bits per heavy atom. The molecule has 0 heterocycles. The van der Waals surface area contributed by atoms with Crippen LogP contribution in [0, 0.1) is 9.39 Å². The maximum absolute atomic E-state index is 13.6. The van der Waals surface area contributed by atoms with Gasteiger partial charge in [0.25, 0.3) is 0 Å². The molecule has 1 amide bonds. The summed E-state index contributed by atoms with van der Waals surface area (Å²) in [6.07, 6.45) is -0.121. The van der Waals surface area contributed by atoms with E-state index in [0.29, 0.717) is 10.7 Å². The van der Waals surface area contributed by atoms with Crippen LogP contribution in [0.5, 0.6) is 0 Å². The first-order valence-electron chi connectivity index (χ1n) is 5.65. The zero-order valence-electron chi connectivity index (χ0n) is 10.1. The van der Waals surface area contributed by atoms with Crippen LogP contribution in [0.15, 0.2) is 36.4 Å². The minimum Gasteiger partial charge on any atom is -0.325 e. The average molecular weight is 424 g/mol. The van der Waals surface area contributed by atoms with E-state index in [1.54, 1.807) is 24.3 Å². The first-order valence-corrected chi connectivity index (χ1v) is 7.48. The van der Waals surface area contributed by atoms with Crippen molar-refractivity contribution in [3.63, 3.8) is 0 Å². The Kier molecular flexibility index (Phi) is 5.23. The van der Waals surface area contributed by atoms with Gasteiger partial charge in [-0.1, -0.05) is 29.3 Å². The van der Waals surface area contributed by atoms with Crippen molar-refractivity contribution < 1.29 is 9.18 Å². The standard InChI is InChI=1S/C14H9Cl2FINO/c15-8-4-5-13(12(18)6-8)19-14(20)7-9-10(16)2-1-3-11(9)17/h1-6H,7H2,(H,19,20). The van der Waals surface area contributed by atoms with Crippen LogP contribution < -0.4 is 5.32 Å². The minimum absolute atomic E-state index is 0.121. The lowest BCUT2D eigenvalue weighted by Crippen LogP contribution is -2.16. The summed E-state index contributed by atoms with van der Waals surface area (Å²) < 4.78 is 14.4. The van der Waals surface area contributed by atoms with Crippen molar-refractivity contribution in [1.29, 1.82) is 0 Å². The quantitative estimate of drug-likeness (QED) is 0.697. The van der Waals surface area contributed by atoms with Crippen LogP contribution in [-0.4, -0.2) is 5.91 Å². The van der Waals surface area contributed by atoms with Crippen molar-refractivity contribution in [2.24, 2.45) is 0 Å². The SMILES string of the molecule is O=C(Cc1c(F)cccc1Cl)Nc1ccc(Cl)cc1I. The first kappa shape index (κ1) is 15.5. The molecule has 0 saturated heterocycles. The van der Waals surface area contributed by atoms with Crippen molar-refractivity contribution in [2.45, 2.75) is 6.42 Å². The normalized spacial score (nSPS) is 10.4. The number of hydrogen-bond acceptors (Lipinski definition) is 1. The fourth-order valence-electron chi connectivity index (χ4n) is 1.65. The van der Waals surface area contributed by atoms with E-state index in [1.807, 2.05) is 0 Å². The van der Waals surface area contributed by atoms with Crippen LogP contribution in [0.4, 0.5) is 10.1 Å². The lowest BCUT2D eigenvalue weighted by atomic mass is 10.1. The third kappa shape index (κ3) is 3.84. The minimum atomic E-state index is -0.488. The summed E-state index contributed by atoms with van der Waals surface area (Å²) in [6.45, 7) is 0. The molecule has 0 spiro atoms. The molecule has 0 aliphatic carbocycles. The molecule has 104 valence electrons. The Labute approximate surface area is 139 Å². The van der Waals surface area contributed by atoms with Gasteiger partial charge >= 0.3 is 0 Å². The van der Waals surface area contributed by atoms with E-state index in [0.717, 1.165) is 3.57 Å². The van der Waals surface area contributed by atoms with Gasteiger partial charge in [-0.3, -0.25) is 4.79 Å². The smallest absolute Gasteiger partial charge is 0.228 e. The number of anilines is 1. The Bertz CT molecular complexity index is 643. The number of carbonyl (C=O) groups excluding carboxylic acids is 1. The zero-order valence-corrected chi connectivity index (χ0v) is 13.8. The third-order valence-corrected chi connectivity index (χ3v) is 4.09. The van der Waals surface area contributed by atoms with Crippen LogP contribution in [0.25, 0.3) is 0 Å². The highest BCUT2D eigenvalue weighted by molar-refractivity contribution is 14.1. The van der Waals surface area contributed by atoms with Crippen LogP contribution in [0.3, 0.4) is 0 Å². The monoisotopic (exact) mass is 423 g/mol. The van der Waals surface area contributed by atoms with Crippen molar-refractivity contribution in [2.75, 3.05) is 5.32 Å². The summed E-state index contributed by atoms with van der Waals surface area (Å²) in [7, 11) is 0. The van der Waals surface area contributed by atoms with Crippen molar-refractivity contribution in [3.8, 4) is 0 Å². The van der Waals surface area contributed by atoms with E-state index in [9.17, 15) is 9.18 Å². The van der Waals surface area contributed by atoms with E-state index in [4.69, 9.17) is 23.2 Å². The topological polar surface area (TPSA) is 29.1 Å². The fraction of sp³-hybridized carbons (Fsp3) is 0.0714. The molecule has 0 bridgehead atoms. The van der Waals surface area contributed by atoms with Gasteiger partial charge in [-0.15, -0.1) is 0 Å². The number of halogens is 4. The summed E-state index contributed by atoms with van der Waals surface area (Å²) >= 11 is 13.8. The van der Waals surface area contributed by atoms with Crippen LogP contribution >= 0.6 is 45.8 Å². The van der Waals surface area contributed by atoms with E-state index >= 15 is 0 Å². The molecule has 2 rings (SSSR count). The predicted octanol–water partition coefficient (Wildman–Crippen LogP) is 4.92. The van der Waals surface area contributed by atoms with E-state index < -0.39 is 5.82 Å². The highest BCUT2D eigenvalue weighted by atomic mass is 127. The van der Waals surface area contributed by atoms with Crippen molar-refractivity contribution >= 4 is 57.4 Å². The molecule has 6 heteroatoms. The molecule has 0 atom stereocenters. The fourth-order valence-corrected chi connectivity index (χ4v) is 2.88. The van der Waals surface area contributed by atoms with Gasteiger partial charge in [-0.2, -0.15) is 0 Å². The van der Waals surface area contributed by atoms with E-state index in [-0.39, 0.29) is 22.9 Å². The largest absolute Gasteiger partial charge is 0.325 e. The van der Waals surface area contributed by atoms with Gasteiger partial charge < -0.3 is 5.32 Å². The number of amides is 1. The third-order valence-electron chi connectivity index (χ3n) is 2.60. The van der Waals surface area contributed by atoms with Crippen molar-refractivity contribution in [3.05, 3.63) is 61.4 Å². The summed E-state index contributed by atoms with van der Waals surface area (Å²) in [4.78, 5) is 12.0. The molecule has 2 nitrogen and oxygen atoms in total. The van der Waals surface area contributed by atoms with Crippen LogP contribution in [-0.2, 0) is 11.2 Å². The molecule has 0 radical (unpaired) electrons. The lowest BCUT2D eigenvalue weighted by Gasteiger charge is -2.09. The van der Waals surface area contributed by atoms with Gasteiger partial charge in [0.15, 0.2) is 0 Å². The summed E-state index contributed by atoms with van der Waals surface area (Å²) in [5, 5.41) is 3.54. The number of nitrogens with one attached hydrogen (secondary N) is 1. The first-order chi connectivity index (χ1) is 9.47. The second-order valence-corrected chi connectivity index (χ2v) is 6.06. The molecule has 0 aliphatic rings. The van der Waals surface area contributed by atoms with Crippen LogP contribution in [0.1, 0.15) is 5.56 Å². The Balaban J connectivity index is 2.13. The van der Waals surface area contributed by atoms with E-state index in [2.05, 4.69) is 27.9 Å². The average Bonchev–Trinajstić information content (AvgIpc) is 2.37. The van der Waals surface area contributed by atoms with Gasteiger partial charge in [-0.25, -0.2) is 4.39 Å². The number of benzene rings is 2. The van der Waals surface area contributed by atoms with E-state index in [1.165, 1.54) is 12.1 Å². The molecule has 20 heavy (non-hydrogen) atoms. The Hall–Kier alpha value is -0.850. The molecule has 2 aromatic rings. The zero-order chi connectivity index (χ0) is 14.7. The molecule has 1 N–H and O–H groups in total. The summed E-state index contributed by atoms with van der Waals surface area (Å²) in [6, 6.07) is 9.44. The molecule has 0 saturated carbocycles. The molecule has 2 aromatic carbocycles. The maximum atomic E-state index is 13.6. The van der Waals surface area contributed by atoms with Crippen molar-refractivity contribution in [1.82, 2.24) is 0 Å². The second-order valence-electron chi connectivity index (χ2n) is 4.05. The predicted molar refractivity (Wildman–Crippen MR) is 87.9 cm³/mol. The highest BCUT2D eigenvalue weighted by Crippen LogP contribution is 2.23. The molecular formula is C14H9Cl2FINO. The molecule has 0 aromatic heterocycles. The highest BCUT2D eigenvalue weighted by Gasteiger charge is 2.13. The van der Waals surface area contributed by atoms with Gasteiger partial charge in [-0.05, 0) is 52.9 Å². The lowest BCUT2D eigenvalue weighted by molar-refractivity contribution is -0.115. The van der Waals surface area contributed by atoms with Gasteiger partial charge in [0.2, 0.25) is 5.91 Å². The maximum Gasteiger partial charge on any atom is 0.228 e.